The molecule has 1 saturated heterocycles. The standard InChI is InChI=1S/C27H27NO2/c29-27(24-13-15-25(16-14-24)30-20-19-28-17-7-8-18-28)26(23-11-5-2-6-12-23)21-22-9-3-1-4-10-22/h1-6,9-16,21H,7-8,17-20H2/b26-21-. The van der Waals surface area contributed by atoms with Crippen molar-refractivity contribution in [1.29, 1.82) is 0 Å². The van der Waals surface area contributed by atoms with Crippen LogP contribution in [0.3, 0.4) is 0 Å². The predicted molar refractivity (Wildman–Crippen MR) is 123 cm³/mol. The van der Waals surface area contributed by atoms with Crippen LogP contribution in [0, 0.1) is 0 Å². The second kappa shape index (κ2) is 10.0. The summed E-state index contributed by atoms with van der Waals surface area (Å²) in [6.45, 7) is 3.98. The number of hydrogen-bond acceptors (Lipinski definition) is 3. The molecule has 0 amide bonds. The van der Waals surface area contributed by atoms with Crippen molar-refractivity contribution in [3.8, 4) is 5.75 Å². The number of allylic oxidation sites excluding steroid dienone is 1. The van der Waals surface area contributed by atoms with E-state index >= 15 is 0 Å². The first-order valence-electron chi connectivity index (χ1n) is 10.6. The molecule has 0 radical (unpaired) electrons. The number of rotatable bonds is 8. The van der Waals surface area contributed by atoms with Gasteiger partial charge in [0.05, 0.1) is 0 Å². The molecule has 4 rings (SSSR count). The topological polar surface area (TPSA) is 29.5 Å². The predicted octanol–water partition coefficient (Wildman–Crippen LogP) is 5.58. The first-order valence-corrected chi connectivity index (χ1v) is 10.6. The van der Waals surface area contributed by atoms with Crippen LogP contribution in [0.25, 0.3) is 11.6 Å². The molecular formula is C27H27NO2. The van der Waals surface area contributed by atoms with Gasteiger partial charge < -0.3 is 4.74 Å². The smallest absolute Gasteiger partial charge is 0.193 e. The van der Waals surface area contributed by atoms with E-state index in [1.165, 1.54) is 25.9 Å². The van der Waals surface area contributed by atoms with Gasteiger partial charge in [0.15, 0.2) is 5.78 Å². The summed E-state index contributed by atoms with van der Waals surface area (Å²) in [7, 11) is 0. The van der Waals surface area contributed by atoms with Crippen LogP contribution >= 0.6 is 0 Å². The van der Waals surface area contributed by atoms with Crippen molar-refractivity contribution >= 4 is 17.4 Å². The van der Waals surface area contributed by atoms with Crippen molar-refractivity contribution in [2.75, 3.05) is 26.2 Å². The largest absolute Gasteiger partial charge is 0.492 e. The van der Waals surface area contributed by atoms with Crippen molar-refractivity contribution in [2.45, 2.75) is 12.8 Å². The quantitative estimate of drug-likeness (QED) is 0.282. The average molecular weight is 398 g/mol. The highest BCUT2D eigenvalue weighted by Gasteiger charge is 2.15. The number of Topliss-reactive ketones (excluding diaryl/α,β-unsaturated/α-hetero) is 1. The van der Waals surface area contributed by atoms with E-state index in [-0.39, 0.29) is 5.78 Å². The van der Waals surface area contributed by atoms with Crippen LogP contribution in [0.2, 0.25) is 0 Å². The molecule has 0 aliphatic carbocycles. The Balaban J connectivity index is 1.49. The minimum Gasteiger partial charge on any atom is -0.492 e. The lowest BCUT2D eigenvalue weighted by Crippen LogP contribution is -2.25. The molecule has 1 aliphatic rings. The highest BCUT2D eigenvalue weighted by Crippen LogP contribution is 2.24. The van der Waals surface area contributed by atoms with Crippen molar-refractivity contribution in [2.24, 2.45) is 0 Å². The van der Waals surface area contributed by atoms with Crippen molar-refractivity contribution in [1.82, 2.24) is 4.90 Å². The number of ether oxygens (including phenoxy) is 1. The molecule has 152 valence electrons. The number of benzene rings is 3. The molecule has 0 unspecified atom stereocenters. The number of carbonyl (C=O) groups is 1. The molecular weight excluding hydrogens is 370 g/mol. The van der Waals surface area contributed by atoms with E-state index in [2.05, 4.69) is 4.90 Å². The van der Waals surface area contributed by atoms with Gasteiger partial charge in [0.25, 0.3) is 0 Å². The maximum atomic E-state index is 13.3. The minimum atomic E-state index is 0.00803. The lowest BCUT2D eigenvalue weighted by molar-refractivity contribution is 0.105. The van der Waals surface area contributed by atoms with Crippen molar-refractivity contribution in [3.05, 3.63) is 102 Å². The number of ketones is 1. The Bertz CT molecular complexity index is 972. The summed E-state index contributed by atoms with van der Waals surface area (Å²) in [4.78, 5) is 15.8. The molecule has 30 heavy (non-hydrogen) atoms. The van der Waals surface area contributed by atoms with Crippen molar-refractivity contribution < 1.29 is 9.53 Å². The van der Waals surface area contributed by atoms with Crippen LogP contribution in [-0.2, 0) is 0 Å². The lowest BCUT2D eigenvalue weighted by Gasteiger charge is -2.15. The van der Waals surface area contributed by atoms with Crippen LogP contribution in [-0.4, -0.2) is 36.9 Å². The van der Waals surface area contributed by atoms with Gasteiger partial charge in [0.1, 0.15) is 12.4 Å². The molecule has 0 bridgehead atoms. The Hall–Kier alpha value is -3.17. The molecule has 1 fully saturated rings. The van der Waals surface area contributed by atoms with E-state index in [0.717, 1.165) is 23.4 Å². The van der Waals surface area contributed by atoms with Gasteiger partial charge in [-0.2, -0.15) is 0 Å². The summed E-state index contributed by atoms with van der Waals surface area (Å²) in [6, 6.07) is 27.3. The Morgan fingerprint density at radius 1 is 0.800 bits per heavy atom. The normalized spacial score (nSPS) is 14.6. The highest BCUT2D eigenvalue weighted by atomic mass is 16.5. The fraction of sp³-hybridized carbons (Fsp3) is 0.222. The van der Waals surface area contributed by atoms with Crippen LogP contribution in [0.15, 0.2) is 84.9 Å². The molecule has 3 aromatic carbocycles. The monoisotopic (exact) mass is 397 g/mol. The number of hydrogen-bond donors (Lipinski definition) is 0. The first-order chi connectivity index (χ1) is 14.8. The first kappa shape index (κ1) is 20.1. The third-order valence-electron chi connectivity index (χ3n) is 5.43. The fourth-order valence-corrected chi connectivity index (χ4v) is 3.77. The van der Waals surface area contributed by atoms with Gasteiger partial charge in [0.2, 0.25) is 0 Å². The summed E-state index contributed by atoms with van der Waals surface area (Å²) < 4.78 is 5.88. The van der Waals surface area contributed by atoms with Gasteiger partial charge in [-0.15, -0.1) is 0 Å². The van der Waals surface area contributed by atoms with E-state index in [0.29, 0.717) is 17.7 Å². The molecule has 0 atom stereocenters. The van der Waals surface area contributed by atoms with Gasteiger partial charge in [0, 0.05) is 17.7 Å². The average Bonchev–Trinajstić information content (AvgIpc) is 3.32. The maximum Gasteiger partial charge on any atom is 0.193 e. The van der Waals surface area contributed by atoms with Crippen LogP contribution in [0.4, 0.5) is 0 Å². The summed E-state index contributed by atoms with van der Waals surface area (Å²) in [5.41, 5.74) is 3.27. The number of nitrogens with zero attached hydrogens (tertiary/aromatic N) is 1. The molecule has 3 nitrogen and oxygen atoms in total. The summed E-state index contributed by atoms with van der Waals surface area (Å²) >= 11 is 0. The van der Waals surface area contributed by atoms with E-state index in [9.17, 15) is 4.79 Å². The van der Waals surface area contributed by atoms with E-state index in [1.807, 2.05) is 91.0 Å². The number of likely N-dealkylation sites (tertiary alicyclic amines) is 1. The lowest BCUT2D eigenvalue weighted by atomic mass is 9.95. The maximum absolute atomic E-state index is 13.3. The van der Waals surface area contributed by atoms with Gasteiger partial charge in [-0.3, -0.25) is 9.69 Å². The molecule has 3 aromatic rings. The van der Waals surface area contributed by atoms with Gasteiger partial charge >= 0.3 is 0 Å². The number of carbonyl (C=O) groups excluding carboxylic acids is 1. The van der Waals surface area contributed by atoms with Crippen molar-refractivity contribution in [3.63, 3.8) is 0 Å². The molecule has 0 aromatic heterocycles. The van der Waals surface area contributed by atoms with E-state index in [4.69, 9.17) is 4.74 Å². The van der Waals surface area contributed by atoms with E-state index < -0.39 is 0 Å². The second-order valence-corrected chi connectivity index (χ2v) is 7.59. The highest BCUT2D eigenvalue weighted by molar-refractivity contribution is 6.32. The van der Waals surface area contributed by atoms with Crippen LogP contribution in [0.5, 0.6) is 5.75 Å². The minimum absolute atomic E-state index is 0.00803. The van der Waals surface area contributed by atoms with Gasteiger partial charge in [-0.1, -0.05) is 60.7 Å². The Morgan fingerprint density at radius 3 is 2.10 bits per heavy atom. The molecule has 0 N–H and O–H groups in total. The fourth-order valence-electron chi connectivity index (χ4n) is 3.77. The Kier molecular flexibility index (Phi) is 6.73. The zero-order valence-electron chi connectivity index (χ0n) is 17.2. The summed E-state index contributed by atoms with van der Waals surface area (Å²) in [5, 5.41) is 0. The van der Waals surface area contributed by atoms with Crippen LogP contribution in [0.1, 0.15) is 34.3 Å². The molecule has 0 saturated carbocycles. The van der Waals surface area contributed by atoms with Gasteiger partial charge in [-0.05, 0) is 67.4 Å². The molecule has 1 heterocycles. The zero-order chi connectivity index (χ0) is 20.6. The van der Waals surface area contributed by atoms with Crippen LogP contribution < -0.4 is 4.74 Å². The van der Waals surface area contributed by atoms with Gasteiger partial charge in [-0.25, -0.2) is 0 Å². The molecule has 3 heteroatoms. The SMILES string of the molecule is O=C(/C(=C\c1ccccc1)c1ccccc1)c1ccc(OCCN2CCCC2)cc1. The Morgan fingerprint density at radius 2 is 1.43 bits per heavy atom. The Labute approximate surface area is 178 Å². The third kappa shape index (κ3) is 5.25. The third-order valence-corrected chi connectivity index (χ3v) is 5.43. The molecule has 1 aliphatic heterocycles. The summed E-state index contributed by atoms with van der Waals surface area (Å²) in [5.74, 6) is 0.813. The van der Waals surface area contributed by atoms with E-state index in [1.54, 1.807) is 0 Å². The summed E-state index contributed by atoms with van der Waals surface area (Å²) in [6.07, 6.45) is 4.53. The second-order valence-electron chi connectivity index (χ2n) is 7.59. The zero-order valence-corrected chi connectivity index (χ0v) is 17.2. The molecule has 0 spiro atoms.